The van der Waals surface area contributed by atoms with Crippen LogP contribution in [0.4, 0.5) is 5.69 Å². The maximum absolute atomic E-state index is 12.2. The number of carbonyl (C=O) groups excluding carboxylic acids is 2. The lowest BCUT2D eigenvalue weighted by Crippen LogP contribution is -2.44. The first-order valence-corrected chi connectivity index (χ1v) is 10.8. The van der Waals surface area contributed by atoms with Crippen molar-refractivity contribution in [3.8, 4) is 0 Å². The third-order valence-electron chi connectivity index (χ3n) is 3.94. The Balaban J connectivity index is 1.96. The van der Waals surface area contributed by atoms with Crippen LogP contribution in [0.5, 0.6) is 0 Å². The summed E-state index contributed by atoms with van der Waals surface area (Å²) in [5.41, 5.74) is 1.41. The van der Waals surface area contributed by atoms with E-state index in [1.54, 1.807) is 19.1 Å². The van der Waals surface area contributed by atoms with Crippen LogP contribution in [0.1, 0.15) is 36.2 Å². The Morgan fingerprint density at radius 1 is 1.03 bits per heavy atom. The zero-order valence-electron chi connectivity index (χ0n) is 16.4. The first kappa shape index (κ1) is 22.2. The molecule has 0 aromatic heterocycles. The summed E-state index contributed by atoms with van der Waals surface area (Å²) >= 11 is 0. The molecular weight excluding hydrogens is 390 g/mol. The second-order valence-electron chi connectivity index (χ2n) is 6.42. The Kier molecular flexibility index (Phi) is 7.97. The number of benzene rings is 2. The van der Waals surface area contributed by atoms with Gasteiger partial charge in [-0.3, -0.25) is 14.3 Å². The van der Waals surface area contributed by atoms with E-state index >= 15 is 0 Å². The van der Waals surface area contributed by atoms with E-state index in [-0.39, 0.29) is 5.91 Å². The van der Waals surface area contributed by atoms with Crippen molar-refractivity contribution in [1.29, 1.82) is 0 Å². The fraction of sp³-hybridized carbons (Fsp3) is 0.238. The molecule has 1 atom stereocenters. The van der Waals surface area contributed by atoms with E-state index < -0.39 is 22.0 Å². The fourth-order valence-corrected chi connectivity index (χ4v) is 3.24. The predicted octanol–water partition coefficient (Wildman–Crippen LogP) is 2.74. The molecule has 29 heavy (non-hydrogen) atoms. The summed E-state index contributed by atoms with van der Waals surface area (Å²) in [6, 6.07) is 14.4. The van der Waals surface area contributed by atoms with Crippen LogP contribution in [0.25, 0.3) is 6.08 Å². The molecule has 0 fully saturated rings. The van der Waals surface area contributed by atoms with Crippen LogP contribution in [-0.4, -0.2) is 32.8 Å². The van der Waals surface area contributed by atoms with Gasteiger partial charge in [0.05, 0.1) is 5.41 Å². The van der Waals surface area contributed by atoms with Gasteiger partial charge in [0, 0.05) is 17.8 Å². The summed E-state index contributed by atoms with van der Waals surface area (Å²) in [7, 11) is -3.69. The van der Waals surface area contributed by atoms with Gasteiger partial charge in [-0.2, -0.15) is 0 Å². The third-order valence-corrected chi connectivity index (χ3v) is 4.95. The second kappa shape index (κ2) is 10.4. The molecule has 0 bridgehead atoms. The Bertz CT molecular complexity index is 955. The van der Waals surface area contributed by atoms with Crippen molar-refractivity contribution in [1.82, 2.24) is 10.6 Å². The van der Waals surface area contributed by atoms with Gasteiger partial charge >= 0.3 is 0 Å². The highest BCUT2D eigenvalue weighted by molar-refractivity contribution is 7.95. The molecule has 3 N–H and O–H groups in total. The van der Waals surface area contributed by atoms with Gasteiger partial charge in [-0.05, 0) is 49.2 Å². The van der Waals surface area contributed by atoms with Gasteiger partial charge < -0.3 is 10.6 Å². The number of carbonyl (C=O) groups is 2. The molecule has 0 heterocycles. The number of anilines is 1. The highest BCUT2D eigenvalue weighted by atomic mass is 32.2. The van der Waals surface area contributed by atoms with Crippen molar-refractivity contribution in [2.75, 3.05) is 11.3 Å². The quantitative estimate of drug-likeness (QED) is 0.586. The lowest BCUT2D eigenvalue weighted by atomic mass is 10.2. The van der Waals surface area contributed by atoms with E-state index in [1.807, 2.05) is 25.1 Å². The van der Waals surface area contributed by atoms with Gasteiger partial charge in [0.15, 0.2) is 0 Å². The topological polar surface area (TPSA) is 104 Å². The molecule has 0 spiro atoms. The monoisotopic (exact) mass is 415 g/mol. The smallest absolute Gasteiger partial charge is 0.255 e. The molecule has 0 aliphatic rings. The number of hydrogen-bond donors (Lipinski definition) is 3. The molecule has 2 aromatic rings. The maximum Gasteiger partial charge on any atom is 0.255 e. The number of nitrogens with one attached hydrogen (secondary N) is 3. The van der Waals surface area contributed by atoms with Gasteiger partial charge in [0.1, 0.15) is 6.04 Å². The molecule has 0 saturated heterocycles. The summed E-state index contributed by atoms with van der Waals surface area (Å²) in [5, 5.41) is 6.40. The molecule has 0 saturated carbocycles. The van der Waals surface area contributed by atoms with Crippen LogP contribution in [0, 0.1) is 0 Å². The van der Waals surface area contributed by atoms with Crippen LogP contribution < -0.4 is 15.4 Å². The minimum Gasteiger partial charge on any atom is -0.354 e. The molecule has 8 heteroatoms. The number of amides is 2. The third kappa shape index (κ3) is 7.42. The molecule has 154 valence electrons. The van der Waals surface area contributed by atoms with Crippen molar-refractivity contribution >= 4 is 33.6 Å². The highest BCUT2D eigenvalue weighted by Crippen LogP contribution is 2.13. The van der Waals surface area contributed by atoms with Gasteiger partial charge in [-0.25, -0.2) is 8.42 Å². The summed E-state index contributed by atoms with van der Waals surface area (Å²) < 4.78 is 26.8. The molecule has 0 unspecified atom stereocenters. The summed E-state index contributed by atoms with van der Waals surface area (Å²) in [6.45, 7) is 4.09. The standard InChI is InChI=1S/C21H25N3O4S/c1-3-14-22-20(25)16(2)23-21(26)18-9-11-19(12-10-18)24-29(27,28)15-13-17-7-5-4-6-8-17/h4-13,15-16,24H,3,14H2,1-2H3,(H,22,25)(H,23,26)/b15-13+/t16-/m1/s1. The van der Waals surface area contributed by atoms with Crippen molar-refractivity contribution in [3.05, 3.63) is 71.1 Å². The zero-order valence-corrected chi connectivity index (χ0v) is 17.2. The first-order valence-electron chi connectivity index (χ1n) is 9.25. The summed E-state index contributed by atoms with van der Waals surface area (Å²) in [5.74, 6) is -0.669. The Hall–Kier alpha value is -3.13. The van der Waals surface area contributed by atoms with E-state index in [0.29, 0.717) is 17.8 Å². The Labute approximate surface area is 171 Å². The Morgan fingerprint density at radius 3 is 2.31 bits per heavy atom. The van der Waals surface area contributed by atoms with Crippen molar-refractivity contribution in [2.45, 2.75) is 26.3 Å². The minimum atomic E-state index is -3.69. The molecule has 0 aliphatic carbocycles. The second-order valence-corrected chi connectivity index (χ2v) is 7.99. The van der Waals surface area contributed by atoms with E-state index in [2.05, 4.69) is 15.4 Å². The number of sulfonamides is 1. The average molecular weight is 416 g/mol. The van der Waals surface area contributed by atoms with Crippen LogP contribution in [0.15, 0.2) is 60.0 Å². The van der Waals surface area contributed by atoms with E-state index in [0.717, 1.165) is 17.4 Å². The van der Waals surface area contributed by atoms with Gasteiger partial charge in [-0.15, -0.1) is 0 Å². The molecule has 2 aromatic carbocycles. The van der Waals surface area contributed by atoms with Crippen molar-refractivity contribution in [2.24, 2.45) is 0 Å². The zero-order chi connectivity index (χ0) is 21.3. The molecule has 2 amide bonds. The molecule has 0 radical (unpaired) electrons. The number of hydrogen-bond acceptors (Lipinski definition) is 4. The van der Waals surface area contributed by atoms with E-state index in [4.69, 9.17) is 0 Å². The average Bonchev–Trinajstić information content (AvgIpc) is 2.71. The van der Waals surface area contributed by atoms with Gasteiger partial charge in [0.25, 0.3) is 15.9 Å². The number of rotatable bonds is 9. The van der Waals surface area contributed by atoms with Crippen LogP contribution in [0.2, 0.25) is 0 Å². The van der Waals surface area contributed by atoms with Crippen molar-refractivity contribution < 1.29 is 18.0 Å². The minimum absolute atomic E-state index is 0.255. The molecular formula is C21H25N3O4S. The highest BCUT2D eigenvalue weighted by Gasteiger charge is 2.16. The summed E-state index contributed by atoms with van der Waals surface area (Å²) in [4.78, 5) is 24.1. The maximum atomic E-state index is 12.2. The predicted molar refractivity (Wildman–Crippen MR) is 115 cm³/mol. The lowest BCUT2D eigenvalue weighted by molar-refractivity contribution is -0.122. The first-order chi connectivity index (χ1) is 13.8. The molecule has 7 nitrogen and oxygen atoms in total. The fourth-order valence-electron chi connectivity index (χ4n) is 2.37. The van der Waals surface area contributed by atoms with Crippen molar-refractivity contribution in [3.63, 3.8) is 0 Å². The van der Waals surface area contributed by atoms with Crippen LogP contribution >= 0.6 is 0 Å². The van der Waals surface area contributed by atoms with Gasteiger partial charge in [-0.1, -0.05) is 37.3 Å². The van der Waals surface area contributed by atoms with Crippen LogP contribution in [0.3, 0.4) is 0 Å². The van der Waals surface area contributed by atoms with Gasteiger partial charge in [0.2, 0.25) is 5.91 Å². The lowest BCUT2D eigenvalue weighted by Gasteiger charge is -2.14. The van der Waals surface area contributed by atoms with E-state index in [1.165, 1.54) is 30.3 Å². The Morgan fingerprint density at radius 2 is 1.69 bits per heavy atom. The summed E-state index contributed by atoms with van der Waals surface area (Å²) in [6.07, 6.45) is 2.30. The van der Waals surface area contributed by atoms with Crippen LogP contribution in [-0.2, 0) is 14.8 Å². The molecule has 0 aliphatic heterocycles. The molecule has 2 rings (SSSR count). The largest absolute Gasteiger partial charge is 0.354 e. The van der Waals surface area contributed by atoms with E-state index in [9.17, 15) is 18.0 Å². The SMILES string of the molecule is CCCNC(=O)[C@@H](C)NC(=O)c1ccc(NS(=O)(=O)/C=C/c2ccccc2)cc1. The normalized spacial score (nSPS) is 12.3.